The lowest BCUT2D eigenvalue weighted by Crippen LogP contribution is -2.28. The van der Waals surface area contributed by atoms with Crippen molar-refractivity contribution in [1.82, 2.24) is 9.62 Å². The third-order valence-electron chi connectivity index (χ3n) is 4.05. The Labute approximate surface area is 177 Å². The Morgan fingerprint density at radius 1 is 1.03 bits per heavy atom. The molecule has 9 nitrogen and oxygen atoms in total. The van der Waals surface area contributed by atoms with E-state index in [-0.39, 0.29) is 24.0 Å². The van der Waals surface area contributed by atoms with Crippen LogP contribution < -0.4 is 14.8 Å². The Bertz CT molecular complexity index is 1110. The first-order valence-electron chi connectivity index (χ1n) is 8.92. The smallest absolute Gasteiger partial charge is 0.251 e. The maximum atomic E-state index is 12.3. The van der Waals surface area contributed by atoms with Crippen LogP contribution in [0.15, 0.2) is 47.4 Å². The van der Waals surface area contributed by atoms with Gasteiger partial charge in [-0.15, -0.1) is 0 Å². The second-order valence-corrected chi connectivity index (χ2v) is 10.7. The molecular formula is C19H25N3O6S2. The Kier molecular flexibility index (Phi) is 7.45. The minimum absolute atomic E-state index is 0.158. The number of rotatable bonds is 9. The lowest BCUT2D eigenvalue weighted by Gasteiger charge is -2.12. The molecule has 30 heavy (non-hydrogen) atoms. The molecule has 2 aromatic rings. The Morgan fingerprint density at radius 2 is 1.67 bits per heavy atom. The summed E-state index contributed by atoms with van der Waals surface area (Å²) >= 11 is 0. The second kappa shape index (κ2) is 9.45. The predicted molar refractivity (Wildman–Crippen MR) is 115 cm³/mol. The molecule has 2 rings (SSSR count). The highest BCUT2D eigenvalue weighted by molar-refractivity contribution is 7.92. The molecule has 164 valence electrons. The number of carbonyl (C=O) groups is 1. The van der Waals surface area contributed by atoms with E-state index in [9.17, 15) is 21.6 Å². The van der Waals surface area contributed by atoms with E-state index in [1.54, 1.807) is 31.2 Å². The van der Waals surface area contributed by atoms with Crippen LogP contribution in [0.5, 0.6) is 5.75 Å². The van der Waals surface area contributed by atoms with Crippen molar-refractivity contribution < 1.29 is 26.4 Å². The molecule has 0 bridgehead atoms. The van der Waals surface area contributed by atoms with Crippen molar-refractivity contribution >= 4 is 31.6 Å². The number of anilines is 1. The number of hydrogen-bond acceptors (Lipinski definition) is 6. The summed E-state index contributed by atoms with van der Waals surface area (Å²) in [4.78, 5) is 12.4. The fourth-order valence-electron chi connectivity index (χ4n) is 2.43. The normalized spacial score (nSPS) is 11.9. The van der Waals surface area contributed by atoms with Crippen molar-refractivity contribution in [1.29, 1.82) is 0 Å². The van der Waals surface area contributed by atoms with E-state index in [2.05, 4.69) is 10.0 Å². The number of benzene rings is 2. The van der Waals surface area contributed by atoms with Gasteiger partial charge in [0.15, 0.2) is 0 Å². The molecular weight excluding hydrogens is 430 g/mol. The van der Waals surface area contributed by atoms with Gasteiger partial charge >= 0.3 is 0 Å². The summed E-state index contributed by atoms with van der Waals surface area (Å²) in [5.74, 6) is 0.0968. The van der Waals surface area contributed by atoms with Gasteiger partial charge in [0.1, 0.15) is 12.4 Å². The highest BCUT2D eigenvalue weighted by Gasteiger charge is 2.16. The monoisotopic (exact) mass is 455 g/mol. The summed E-state index contributed by atoms with van der Waals surface area (Å²) in [6.45, 7) is 2.11. The maximum absolute atomic E-state index is 12.3. The fraction of sp³-hybridized carbons (Fsp3) is 0.316. The van der Waals surface area contributed by atoms with E-state index in [1.807, 2.05) is 0 Å². The molecule has 0 aliphatic carbocycles. The average Bonchev–Trinajstić information content (AvgIpc) is 2.66. The molecule has 0 aromatic heterocycles. The largest absolute Gasteiger partial charge is 0.492 e. The van der Waals surface area contributed by atoms with Gasteiger partial charge in [0.05, 0.1) is 23.4 Å². The predicted octanol–water partition coefficient (Wildman–Crippen LogP) is 1.43. The molecule has 0 radical (unpaired) electrons. The van der Waals surface area contributed by atoms with Gasteiger partial charge in [0, 0.05) is 19.7 Å². The highest BCUT2D eigenvalue weighted by Crippen LogP contribution is 2.19. The minimum atomic E-state index is -3.50. The lowest BCUT2D eigenvalue weighted by atomic mass is 10.1. The standard InChI is InChI=1S/C19H25N3O6S2/c1-14-5-6-15(13-18(14)21-29(4,24)25)19(23)20-11-12-28-16-7-9-17(10-8-16)30(26,27)22(2)3/h5-10,13,21H,11-12H2,1-4H3,(H,20,23). The summed E-state index contributed by atoms with van der Waals surface area (Å²) in [6, 6.07) is 10.7. The highest BCUT2D eigenvalue weighted by atomic mass is 32.2. The first-order valence-corrected chi connectivity index (χ1v) is 12.3. The van der Waals surface area contributed by atoms with Crippen LogP contribution in [0.1, 0.15) is 15.9 Å². The van der Waals surface area contributed by atoms with Gasteiger partial charge in [0.25, 0.3) is 5.91 Å². The minimum Gasteiger partial charge on any atom is -0.492 e. The van der Waals surface area contributed by atoms with Crippen LogP contribution in [-0.4, -0.2) is 60.6 Å². The van der Waals surface area contributed by atoms with Crippen LogP contribution in [0.4, 0.5) is 5.69 Å². The Morgan fingerprint density at radius 3 is 2.23 bits per heavy atom. The average molecular weight is 456 g/mol. The first kappa shape index (κ1) is 23.6. The summed E-state index contributed by atoms with van der Waals surface area (Å²) in [5, 5.41) is 2.69. The quantitative estimate of drug-likeness (QED) is 0.552. The lowest BCUT2D eigenvalue weighted by molar-refractivity contribution is 0.0947. The van der Waals surface area contributed by atoms with Crippen molar-refractivity contribution in [2.24, 2.45) is 0 Å². The van der Waals surface area contributed by atoms with Crippen molar-refractivity contribution in [2.45, 2.75) is 11.8 Å². The summed E-state index contributed by atoms with van der Waals surface area (Å²) in [5.41, 5.74) is 1.35. The third kappa shape index (κ3) is 6.44. The molecule has 0 saturated heterocycles. The molecule has 11 heteroatoms. The molecule has 1 amide bonds. The van der Waals surface area contributed by atoms with Crippen LogP contribution in [0.25, 0.3) is 0 Å². The van der Waals surface area contributed by atoms with Gasteiger partial charge in [-0.3, -0.25) is 9.52 Å². The number of aryl methyl sites for hydroxylation is 1. The zero-order valence-electron chi connectivity index (χ0n) is 17.2. The number of hydrogen-bond donors (Lipinski definition) is 2. The number of amides is 1. The summed E-state index contributed by atoms with van der Waals surface area (Å²) < 4.78 is 55.9. The zero-order valence-corrected chi connectivity index (χ0v) is 18.8. The summed E-state index contributed by atoms with van der Waals surface area (Å²) in [7, 11) is -4.04. The molecule has 2 aromatic carbocycles. The fourth-order valence-corrected chi connectivity index (χ4v) is 3.95. The molecule has 0 saturated carbocycles. The van der Waals surface area contributed by atoms with Gasteiger partial charge in [-0.05, 0) is 48.9 Å². The van der Waals surface area contributed by atoms with Crippen LogP contribution in [-0.2, 0) is 20.0 Å². The van der Waals surface area contributed by atoms with E-state index in [0.717, 1.165) is 10.6 Å². The number of nitrogens with one attached hydrogen (secondary N) is 2. The van der Waals surface area contributed by atoms with Gasteiger partial charge in [0.2, 0.25) is 20.0 Å². The number of carbonyl (C=O) groups excluding carboxylic acids is 1. The van der Waals surface area contributed by atoms with Crippen molar-refractivity contribution in [2.75, 3.05) is 38.2 Å². The Balaban J connectivity index is 1.90. The van der Waals surface area contributed by atoms with Crippen LogP contribution in [0.3, 0.4) is 0 Å². The van der Waals surface area contributed by atoms with Crippen molar-refractivity contribution in [3.63, 3.8) is 0 Å². The van der Waals surface area contributed by atoms with Crippen LogP contribution in [0.2, 0.25) is 0 Å². The molecule has 0 spiro atoms. The Hall–Kier alpha value is -2.63. The topological polar surface area (TPSA) is 122 Å². The van der Waals surface area contributed by atoms with Crippen LogP contribution in [0, 0.1) is 6.92 Å². The molecule has 0 aliphatic heterocycles. The molecule has 0 heterocycles. The molecule has 0 unspecified atom stereocenters. The molecule has 0 atom stereocenters. The number of sulfonamides is 2. The SMILES string of the molecule is Cc1ccc(C(=O)NCCOc2ccc(S(=O)(=O)N(C)C)cc2)cc1NS(C)(=O)=O. The molecule has 0 aliphatic rings. The van der Waals surface area contributed by atoms with E-state index in [1.165, 1.54) is 32.3 Å². The van der Waals surface area contributed by atoms with Gasteiger partial charge in [-0.2, -0.15) is 0 Å². The number of ether oxygens (including phenoxy) is 1. The van der Waals surface area contributed by atoms with Gasteiger partial charge in [-0.1, -0.05) is 6.07 Å². The number of nitrogens with zero attached hydrogens (tertiary/aromatic N) is 1. The van der Waals surface area contributed by atoms with E-state index >= 15 is 0 Å². The van der Waals surface area contributed by atoms with Crippen molar-refractivity contribution in [3.8, 4) is 5.75 Å². The van der Waals surface area contributed by atoms with E-state index in [4.69, 9.17) is 4.74 Å². The van der Waals surface area contributed by atoms with Gasteiger partial charge < -0.3 is 10.1 Å². The third-order valence-corrected chi connectivity index (χ3v) is 6.47. The van der Waals surface area contributed by atoms with Crippen molar-refractivity contribution in [3.05, 3.63) is 53.6 Å². The first-order chi connectivity index (χ1) is 13.9. The van der Waals surface area contributed by atoms with Crippen LogP contribution >= 0.6 is 0 Å². The van der Waals surface area contributed by atoms with E-state index < -0.39 is 20.0 Å². The zero-order chi connectivity index (χ0) is 22.5. The maximum Gasteiger partial charge on any atom is 0.251 e. The summed E-state index contributed by atoms with van der Waals surface area (Å²) in [6.07, 6.45) is 1.04. The molecule has 0 fully saturated rings. The second-order valence-electron chi connectivity index (χ2n) is 6.77. The van der Waals surface area contributed by atoms with E-state index in [0.29, 0.717) is 22.6 Å². The van der Waals surface area contributed by atoms with Gasteiger partial charge in [-0.25, -0.2) is 21.1 Å². The molecule has 2 N–H and O–H groups in total.